The van der Waals surface area contributed by atoms with Crippen molar-refractivity contribution in [3.8, 4) is 0 Å². The summed E-state index contributed by atoms with van der Waals surface area (Å²) in [5.41, 5.74) is 3.08. The van der Waals surface area contributed by atoms with E-state index in [0.29, 0.717) is 23.7 Å². The van der Waals surface area contributed by atoms with Crippen molar-refractivity contribution >= 4 is 17.5 Å². The van der Waals surface area contributed by atoms with E-state index in [2.05, 4.69) is 36.7 Å². The van der Waals surface area contributed by atoms with Crippen molar-refractivity contribution in [2.45, 2.75) is 96.9 Å². The van der Waals surface area contributed by atoms with Crippen molar-refractivity contribution in [2.24, 2.45) is 16.7 Å². The number of hydrogen-bond donors (Lipinski definition) is 3. The maximum absolute atomic E-state index is 12.0. The molecule has 0 spiro atoms. The fourth-order valence-corrected chi connectivity index (χ4v) is 6.65. The molecule has 1 unspecified atom stereocenters. The first-order valence-corrected chi connectivity index (χ1v) is 13.2. The Morgan fingerprint density at radius 3 is 2.27 bits per heavy atom. The molecule has 3 N–H and O–H groups in total. The van der Waals surface area contributed by atoms with Crippen LogP contribution < -0.4 is 16.0 Å². The molecule has 3 fully saturated rings. The van der Waals surface area contributed by atoms with E-state index in [0.717, 1.165) is 29.8 Å². The van der Waals surface area contributed by atoms with Gasteiger partial charge in [-0.15, -0.1) is 0 Å². The van der Waals surface area contributed by atoms with E-state index >= 15 is 0 Å². The van der Waals surface area contributed by atoms with E-state index < -0.39 is 0 Å². The molecule has 2 saturated carbocycles. The van der Waals surface area contributed by atoms with Gasteiger partial charge in [-0.05, 0) is 79.5 Å². The van der Waals surface area contributed by atoms with Gasteiger partial charge in [-0.25, -0.2) is 0 Å². The van der Waals surface area contributed by atoms with E-state index in [9.17, 15) is 9.59 Å². The first-order chi connectivity index (χ1) is 15.8. The van der Waals surface area contributed by atoms with Crippen LogP contribution in [-0.2, 0) is 9.59 Å². The molecule has 1 aliphatic heterocycles. The van der Waals surface area contributed by atoms with E-state index in [1.54, 1.807) is 0 Å². The first kappa shape index (κ1) is 24.3. The molecule has 3 aliphatic rings. The van der Waals surface area contributed by atoms with Crippen LogP contribution in [0.3, 0.4) is 0 Å². The van der Waals surface area contributed by atoms with Gasteiger partial charge in [-0.1, -0.05) is 52.2 Å². The normalized spacial score (nSPS) is 30.5. The zero-order valence-corrected chi connectivity index (χ0v) is 20.8. The van der Waals surface area contributed by atoms with Gasteiger partial charge in [0.05, 0.1) is 5.92 Å². The second-order valence-corrected chi connectivity index (χ2v) is 11.4. The quantitative estimate of drug-likeness (QED) is 0.311. The van der Waals surface area contributed by atoms with Crippen LogP contribution in [-0.4, -0.2) is 30.9 Å². The zero-order chi connectivity index (χ0) is 23.5. The third-order valence-corrected chi connectivity index (χ3v) is 9.42. The highest BCUT2D eigenvalue weighted by molar-refractivity contribution is 6.00. The molecule has 0 aromatic heterocycles. The Balaban J connectivity index is 1.05. The molecule has 33 heavy (non-hydrogen) atoms. The minimum Gasteiger partial charge on any atom is -0.385 e. The molecule has 5 nitrogen and oxygen atoms in total. The Morgan fingerprint density at radius 2 is 1.64 bits per heavy atom. The van der Waals surface area contributed by atoms with E-state index in [1.807, 2.05) is 24.3 Å². The maximum Gasteiger partial charge on any atom is 0.234 e. The molecule has 182 valence electrons. The molecule has 2 amide bonds. The lowest BCUT2D eigenvalue weighted by Crippen LogP contribution is -2.44. The summed E-state index contributed by atoms with van der Waals surface area (Å²) in [7, 11) is 0. The lowest BCUT2D eigenvalue weighted by atomic mass is 9.69. The molecule has 1 saturated heterocycles. The molecule has 1 heterocycles. The second kappa shape index (κ2) is 10.2. The highest BCUT2D eigenvalue weighted by Crippen LogP contribution is 2.65. The molecule has 1 aromatic carbocycles. The third-order valence-electron chi connectivity index (χ3n) is 9.42. The van der Waals surface area contributed by atoms with Gasteiger partial charge in [0.1, 0.15) is 0 Å². The number of rotatable bonds is 11. The first-order valence-electron chi connectivity index (χ1n) is 13.2. The Hall–Kier alpha value is -1.88. The number of unbranched alkanes of at least 4 members (excludes halogenated alkanes) is 4. The summed E-state index contributed by atoms with van der Waals surface area (Å²) in [6.45, 7) is 9.65. The second-order valence-electron chi connectivity index (χ2n) is 11.4. The van der Waals surface area contributed by atoms with Crippen LogP contribution >= 0.6 is 0 Å². The van der Waals surface area contributed by atoms with Crippen molar-refractivity contribution in [1.82, 2.24) is 10.6 Å². The van der Waals surface area contributed by atoms with Gasteiger partial charge in [0, 0.05) is 24.7 Å². The van der Waals surface area contributed by atoms with E-state index in [1.165, 1.54) is 57.9 Å². The fraction of sp³-hybridized carbons (Fsp3) is 0.714. The van der Waals surface area contributed by atoms with Crippen molar-refractivity contribution in [1.29, 1.82) is 0 Å². The highest BCUT2D eigenvalue weighted by Gasteiger charge is 2.60. The van der Waals surface area contributed by atoms with Crippen molar-refractivity contribution in [2.75, 3.05) is 18.4 Å². The molecular weight excluding hydrogens is 410 g/mol. The predicted molar refractivity (Wildman–Crippen MR) is 134 cm³/mol. The molecule has 1 aromatic rings. The van der Waals surface area contributed by atoms with Crippen molar-refractivity contribution < 1.29 is 9.59 Å². The van der Waals surface area contributed by atoms with Crippen LogP contribution in [0.15, 0.2) is 24.3 Å². The number of benzene rings is 1. The minimum absolute atomic E-state index is 0.162. The SMILES string of the molecule is CC1(C)[C@@H]2CC[C@@]1(C)[C@@H](NCCCCCCCNc1ccc(C3CCC(=O)NC3=O)cc1)C2. The van der Waals surface area contributed by atoms with Gasteiger partial charge >= 0.3 is 0 Å². The van der Waals surface area contributed by atoms with E-state index in [-0.39, 0.29) is 17.7 Å². The minimum atomic E-state index is -0.204. The molecule has 4 atom stereocenters. The Kier molecular flexibility index (Phi) is 7.47. The number of imide groups is 1. The molecular formula is C28H43N3O2. The van der Waals surface area contributed by atoms with Crippen molar-refractivity contribution in [3.63, 3.8) is 0 Å². The summed E-state index contributed by atoms with van der Waals surface area (Å²) >= 11 is 0. The number of carbonyl (C=O) groups excluding carboxylic acids is 2. The number of anilines is 1. The molecule has 2 bridgehead atoms. The highest BCUT2D eigenvalue weighted by atomic mass is 16.2. The largest absolute Gasteiger partial charge is 0.385 e. The summed E-state index contributed by atoms with van der Waals surface area (Å²) < 4.78 is 0. The van der Waals surface area contributed by atoms with E-state index in [4.69, 9.17) is 0 Å². The lowest BCUT2D eigenvalue weighted by Gasteiger charge is -2.39. The molecule has 4 rings (SSSR count). The van der Waals surface area contributed by atoms with Gasteiger partial charge in [0.15, 0.2) is 0 Å². The van der Waals surface area contributed by atoms with Crippen LogP contribution in [0.5, 0.6) is 0 Å². The third kappa shape index (κ3) is 5.13. The van der Waals surface area contributed by atoms with Gasteiger partial charge in [0.25, 0.3) is 0 Å². The average molecular weight is 454 g/mol. The Labute approximate surface area is 199 Å². The summed E-state index contributed by atoms with van der Waals surface area (Å²) in [6, 6.07) is 8.82. The molecule has 2 aliphatic carbocycles. The Morgan fingerprint density at radius 1 is 0.939 bits per heavy atom. The number of amides is 2. The Bertz CT molecular complexity index is 834. The van der Waals surface area contributed by atoms with Crippen LogP contribution in [0.1, 0.15) is 96.5 Å². The summed E-state index contributed by atoms with van der Waals surface area (Å²) in [4.78, 5) is 23.3. The summed E-state index contributed by atoms with van der Waals surface area (Å²) in [5.74, 6) is 0.381. The smallest absolute Gasteiger partial charge is 0.234 e. The summed E-state index contributed by atoms with van der Waals surface area (Å²) in [5, 5.41) is 9.84. The fourth-order valence-electron chi connectivity index (χ4n) is 6.65. The number of carbonyl (C=O) groups is 2. The predicted octanol–water partition coefficient (Wildman–Crippen LogP) is 5.37. The van der Waals surface area contributed by atoms with Gasteiger partial charge in [-0.2, -0.15) is 0 Å². The van der Waals surface area contributed by atoms with Crippen molar-refractivity contribution in [3.05, 3.63) is 29.8 Å². The molecule has 5 heteroatoms. The number of hydrogen-bond acceptors (Lipinski definition) is 4. The average Bonchev–Trinajstić information content (AvgIpc) is 3.12. The zero-order valence-electron chi connectivity index (χ0n) is 20.8. The standard InChI is InChI=1S/C28H43N3O2/c1-27(2)21-15-16-28(27,3)24(19-21)30-18-8-6-4-5-7-17-29-22-11-9-20(10-12-22)23-13-14-25(32)31-26(23)33/h9-12,21,23-24,29-30H,4-8,13-19H2,1-3H3,(H,31,32,33)/t21-,23?,24+,28+/m1/s1. The van der Waals surface area contributed by atoms with Crippen LogP contribution in [0, 0.1) is 16.7 Å². The van der Waals surface area contributed by atoms with Gasteiger partial charge in [-0.3, -0.25) is 14.9 Å². The topological polar surface area (TPSA) is 70.2 Å². The van der Waals surface area contributed by atoms with Gasteiger partial charge in [0.2, 0.25) is 11.8 Å². The van der Waals surface area contributed by atoms with Gasteiger partial charge < -0.3 is 10.6 Å². The monoisotopic (exact) mass is 453 g/mol. The summed E-state index contributed by atoms with van der Waals surface area (Å²) in [6.07, 6.45) is 11.6. The van der Waals surface area contributed by atoms with Crippen LogP contribution in [0.4, 0.5) is 5.69 Å². The number of fused-ring (bicyclic) bond motifs is 2. The molecule has 0 radical (unpaired) electrons. The number of nitrogens with one attached hydrogen (secondary N) is 3. The van der Waals surface area contributed by atoms with Crippen LogP contribution in [0.25, 0.3) is 0 Å². The lowest BCUT2D eigenvalue weighted by molar-refractivity contribution is -0.134. The maximum atomic E-state index is 12.0. The number of piperidine rings is 1. The van der Waals surface area contributed by atoms with Crippen LogP contribution in [0.2, 0.25) is 0 Å².